The molecule has 0 fully saturated rings. The second kappa shape index (κ2) is 6.39. The van der Waals surface area contributed by atoms with E-state index in [1.807, 2.05) is 19.1 Å². The molecule has 0 amide bonds. The molecule has 0 spiro atoms. The predicted molar refractivity (Wildman–Crippen MR) is 90.8 cm³/mol. The predicted octanol–water partition coefficient (Wildman–Crippen LogP) is 4.16. The molecule has 7 heteroatoms. The highest BCUT2D eigenvalue weighted by atomic mass is 32.1. The molecule has 24 heavy (non-hydrogen) atoms. The zero-order valence-corrected chi connectivity index (χ0v) is 13.8. The van der Waals surface area contributed by atoms with Crippen LogP contribution in [0.25, 0.3) is 0 Å². The number of aromatic nitrogens is 1. The van der Waals surface area contributed by atoms with Gasteiger partial charge in [0.05, 0.1) is 5.56 Å². The van der Waals surface area contributed by atoms with Crippen molar-refractivity contribution in [2.24, 2.45) is 0 Å². The molecule has 0 radical (unpaired) electrons. The van der Waals surface area contributed by atoms with Crippen LogP contribution in [0, 0.1) is 6.92 Å². The Labute approximate surface area is 143 Å². The topological polar surface area (TPSA) is 28.2 Å². The average molecular weight is 351 g/mol. The van der Waals surface area contributed by atoms with E-state index in [0.717, 1.165) is 17.2 Å². The molecule has 1 N–H and O–H groups in total. The first kappa shape index (κ1) is 16.7. The summed E-state index contributed by atoms with van der Waals surface area (Å²) in [7, 11) is 0. The van der Waals surface area contributed by atoms with Crippen LogP contribution in [0.2, 0.25) is 0 Å². The number of anilines is 1. The number of pyridine rings is 1. The van der Waals surface area contributed by atoms with E-state index in [-0.39, 0.29) is 6.54 Å². The molecule has 1 aliphatic rings. The summed E-state index contributed by atoms with van der Waals surface area (Å²) in [4.78, 5) is 5.92. The van der Waals surface area contributed by atoms with Crippen LogP contribution in [0.4, 0.5) is 19.0 Å². The van der Waals surface area contributed by atoms with Gasteiger partial charge in [-0.05, 0) is 60.5 Å². The Hall–Kier alpha value is -2.15. The number of nitrogens with zero attached hydrogens (tertiary/aromatic N) is 2. The Bertz CT molecular complexity index is 774. The second-order valence-electron chi connectivity index (χ2n) is 5.76. The summed E-state index contributed by atoms with van der Waals surface area (Å²) in [6.45, 7) is 2.65. The fourth-order valence-corrected chi connectivity index (χ4v) is 3.07. The van der Waals surface area contributed by atoms with Gasteiger partial charge in [0.2, 0.25) is 0 Å². The maximum Gasteiger partial charge on any atom is 0.416 e. The summed E-state index contributed by atoms with van der Waals surface area (Å²) < 4.78 is 39.7. The molecule has 0 aliphatic carbocycles. The van der Waals surface area contributed by atoms with Gasteiger partial charge in [0.25, 0.3) is 0 Å². The fourth-order valence-electron chi connectivity index (χ4n) is 2.81. The number of nitrogens with one attached hydrogen (secondary N) is 1. The highest BCUT2D eigenvalue weighted by Gasteiger charge is 2.35. The maximum atomic E-state index is 13.2. The molecule has 2 aromatic rings. The molecule has 126 valence electrons. The molecule has 0 saturated carbocycles. The number of hydrogen-bond acceptors (Lipinski definition) is 2. The smallest absolute Gasteiger partial charge is 0.344 e. The summed E-state index contributed by atoms with van der Waals surface area (Å²) in [5, 5.41) is 3.39. The molecule has 1 aliphatic heterocycles. The van der Waals surface area contributed by atoms with E-state index >= 15 is 0 Å². The van der Waals surface area contributed by atoms with E-state index in [9.17, 15) is 13.2 Å². The molecule has 1 aromatic heterocycles. The van der Waals surface area contributed by atoms with Crippen LogP contribution < -0.4 is 5.32 Å². The van der Waals surface area contributed by atoms with Gasteiger partial charge in [-0.2, -0.15) is 13.2 Å². The Morgan fingerprint density at radius 3 is 2.79 bits per heavy atom. The Balaban J connectivity index is 1.80. The number of fused-ring (bicyclic) bond motifs is 1. The minimum atomic E-state index is -4.36. The van der Waals surface area contributed by atoms with E-state index in [1.54, 1.807) is 17.2 Å². The van der Waals surface area contributed by atoms with Crippen LogP contribution in [-0.2, 0) is 19.1 Å². The zero-order chi connectivity index (χ0) is 17.3. The molecular formula is C17H16F3N3S. The van der Waals surface area contributed by atoms with E-state index < -0.39 is 11.7 Å². The van der Waals surface area contributed by atoms with Gasteiger partial charge in [0.15, 0.2) is 5.11 Å². The van der Waals surface area contributed by atoms with Gasteiger partial charge in [-0.1, -0.05) is 12.1 Å². The van der Waals surface area contributed by atoms with Crippen molar-refractivity contribution in [3.05, 3.63) is 58.8 Å². The summed E-state index contributed by atoms with van der Waals surface area (Å²) in [5.74, 6) is 0.593. The van der Waals surface area contributed by atoms with Gasteiger partial charge >= 0.3 is 6.18 Å². The summed E-state index contributed by atoms with van der Waals surface area (Å²) in [6, 6.07) is 8.04. The lowest BCUT2D eigenvalue weighted by Gasteiger charge is -2.32. The van der Waals surface area contributed by atoms with Crippen LogP contribution in [0.5, 0.6) is 0 Å². The normalized spacial score (nSPS) is 14.2. The summed E-state index contributed by atoms with van der Waals surface area (Å²) >= 11 is 5.36. The molecule has 0 bridgehead atoms. The van der Waals surface area contributed by atoms with Crippen molar-refractivity contribution in [3.63, 3.8) is 0 Å². The quantitative estimate of drug-likeness (QED) is 0.781. The van der Waals surface area contributed by atoms with Gasteiger partial charge in [0, 0.05) is 19.3 Å². The highest BCUT2D eigenvalue weighted by Crippen LogP contribution is 2.35. The van der Waals surface area contributed by atoms with Gasteiger partial charge in [-0.25, -0.2) is 4.98 Å². The number of hydrogen-bond donors (Lipinski definition) is 1. The molecule has 3 rings (SSSR count). The van der Waals surface area contributed by atoms with Crippen molar-refractivity contribution in [2.45, 2.75) is 26.1 Å². The molecule has 2 heterocycles. The minimum Gasteiger partial charge on any atom is -0.344 e. The van der Waals surface area contributed by atoms with E-state index in [1.165, 1.54) is 6.07 Å². The third kappa shape index (κ3) is 3.51. The zero-order valence-electron chi connectivity index (χ0n) is 13.0. The van der Waals surface area contributed by atoms with Crippen molar-refractivity contribution in [3.8, 4) is 0 Å². The van der Waals surface area contributed by atoms with E-state index in [2.05, 4.69) is 10.3 Å². The van der Waals surface area contributed by atoms with Crippen molar-refractivity contribution < 1.29 is 13.2 Å². The van der Waals surface area contributed by atoms with E-state index in [0.29, 0.717) is 29.5 Å². The van der Waals surface area contributed by atoms with E-state index in [4.69, 9.17) is 12.2 Å². The van der Waals surface area contributed by atoms with Crippen LogP contribution in [0.3, 0.4) is 0 Å². The van der Waals surface area contributed by atoms with Gasteiger partial charge < -0.3 is 10.2 Å². The van der Waals surface area contributed by atoms with Gasteiger partial charge in [-0.3, -0.25) is 0 Å². The monoisotopic (exact) mass is 351 g/mol. The first-order chi connectivity index (χ1) is 11.3. The lowest BCUT2D eigenvalue weighted by molar-refractivity contribution is -0.138. The fraction of sp³-hybridized carbons (Fsp3) is 0.294. The number of aryl methyl sites for hydroxylation is 1. The Morgan fingerprint density at radius 2 is 2.08 bits per heavy atom. The van der Waals surface area contributed by atoms with Crippen molar-refractivity contribution >= 4 is 23.1 Å². The third-order valence-electron chi connectivity index (χ3n) is 4.02. The van der Waals surface area contributed by atoms with Gasteiger partial charge in [-0.15, -0.1) is 0 Å². The summed E-state index contributed by atoms with van der Waals surface area (Å²) in [5.41, 5.74) is 1.48. The molecule has 3 nitrogen and oxygen atoms in total. The molecule has 0 saturated heterocycles. The number of thiocarbonyl (C=S) groups is 1. The highest BCUT2D eigenvalue weighted by molar-refractivity contribution is 7.80. The number of halogens is 3. The standard InChI is InChI=1S/C17H16F3N3S/c1-11-5-7-21-15(9-11)22-16(24)23-8-6-12-3-2-4-14(13(12)10-23)17(18,19)20/h2-5,7,9H,6,8,10H2,1H3,(H,21,22,24). The number of benzene rings is 1. The number of alkyl halides is 3. The largest absolute Gasteiger partial charge is 0.416 e. The Morgan fingerprint density at radius 1 is 1.29 bits per heavy atom. The summed E-state index contributed by atoms with van der Waals surface area (Å²) in [6.07, 6.45) is -2.17. The van der Waals surface area contributed by atoms with Crippen molar-refractivity contribution in [2.75, 3.05) is 11.9 Å². The van der Waals surface area contributed by atoms with Crippen LogP contribution >= 0.6 is 12.2 Å². The molecule has 1 aromatic carbocycles. The molecule has 0 unspecified atom stereocenters. The number of rotatable bonds is 1. The van der Waals surface area contributed by atoms with Crippen LogP contribution in [0.15, 0.2) is 36.5 Å². The van der Waals surface area contributed by atoms with Crippen molar-refractivity contribution in [1.82, 2.24) is 9.88 Å². The first-order valence-electron chi connectivity index (χ1n) is 7.51. The maximum absolute atomic E-state index is 13.2. The molecular weight excluding hydrogens is 335 g/mol. The molecule has 0 atom stereocenters. The van der Waals surface area contributed by atoms with Crippen LogP contribution in [0.1, 0.15) is 22.3 Å². The SMILES string of the molecule is Cc1ccnc(NC(=S)N2CCc3cccc(C(F)(F)F)c3C2)c1. The lowest BCUT2D eigenvalue weighted by Crippen LogP contribution is -2.39. The first-order valence-corrected chi connectivity index (χ1v) is 7.92. The van der Waals surface area contributed by atoms with Gasteiger partial charge in [0.1, 0.15) is 5.82 Å². The average Bonchev–Trinajstić information content (AvgIpc) is 2.53. The second-order valence-corrected chi connectivity index (χ2v) is 6.15. The Kier molecular flexibility index (Phi) is 4.45. The third-order valence-corrected chi connectivity index (χ3v) is 4.38. The minimum absolute atomic E-state index is 0.142. The van der Waals surface area contributed by atoms with Crippen LogP contribution in [-0.4, -0.2) is 21.5 Å². The lowest BCUT2D eigenvalue weighted by atomic mass is 9.95. The van der Waals surface area contributed by atoms with Crippen molar-refractivity contribution in [1.29, 1.82) is 0 Å².